The van der Waals surface area contributed by atoms with Gasteiger partial charge in [-0.1, -0.05) is 29.3 Å². The van der Waals surface area contributed by atoms with E-state index in [0.29, 0.717) is 16.6 Å². The van der Waals surface area contributed by atoms with Crippen molar-refractivity contribution in [1.29, 1.82) is 0 Å². The zero-order chi connectivity index (χ0) is 15.4. The molecule has 21 heavy (non-hydrogen) atoms. The highest BCUT2D eigenvalue weighted by molar-refractivity contribution is 6.36. The number of hydrogen-bond donors (Lipinski definition) is 1. The summed E-state index contributed by atoms with van der Waals surface area (Å²) in [6, 6.07) is 11.5. The summed E-state index contributed by atoms with van der Waals surface area (Å²) in [6.07, 6.45) is 0.171. The van der Waals surface area contributed by atoms with Crippen LogP contribution in [0.2, 0.25) is 10.0 Å². The van der Waals surface area contributed by atoms with E-state index in [-0.39, 0.29) is 6.10 Å². The van der Waals surface area contributed by atoms with Gasteiger partial charge in [-0.2, -0.15) is 0 Å². The van der Waals surface area contributed by atoms with Gasteiger partial charge in [0.15, 0.2) is 0 Å². The molecule has 0 radical (unpaired) electrons. The maximum atomic E-state index is 6.17. The molecule has 0 aliphatic heterocycles. The van der Waals surface area contributed by atoms with Gasteiger partial charge in [0.25, 0.3) is 0 Å². The smallest absolute Gasteiger partial charge is 0.120 e. The minimum absolute atomic E-state index is 0.171. The Balaban J connectivity index is 2.10. The van der Waals surface area contributed by atoms with E-state index in [1.54, 1.807) is 0 Å². The quantitative estimate of drug-likeness (QED) is 0.761. The lowest BCUT2D eigenvalue weighted by Gasteiger charge is -2.15. The third kappa shape index (κ3) is 4.29. The van der Waals surface area contributed by atoms with Crippen molar-refractivity contribution >= 4 is 28.9 Å². The summed E-state index contributed by atoms with van der Waals surface area (Å²) in [6.45, 7) is 6.66. The fourth-order valence-corrected chi connectivity index (χ4v) is 2.60. The van der Waals surface area contributed by atoms with E-state index >= 15 is 0 Å². The SMILES string of the molecule is Cc1cc(OC(C)C)ccc1NCc1c(Cl)cccc1Cl. The molecule has 112 valence electrons. The predicted molar refractivity (Wildman–Crippen MR) is 90.7 cm³/mol. The molecule has 0 unspecified atom stereocenters. The Hall–Kier alpha value is -1.38. The van der Waals surface area contributed by atoms with Crippen LogP contribution in [0, 0.1) is 6.92 Å². The van der Waals surface area contributed by atoms with Gasteiger partial charge in [0.2, 0.25) is 0 Å². The Labute approximate surface area is 136 Å². The number of rotatable bonds is 5. The summed E-state index contributed by atoms with van der Waals surface area (Å²) in [5, 5.41) is 4.71. The van der Waals surface area contributed by atoms with E-state index in [1.165, 1.54) is 0 Å². The molecule has 0 aromatic heterocycles. The topological polar surface area (TPSA) is 21.3 Å². The molecule has 2 aromatic rings. The highest BCUT2D eigenvalue weighted by Crippen LogP contribution is 2.27. The average Bonchev–Trinajstić information content (AvgIpc) is 2.39. The fourth-order valence-electron chi connectivity index (χ4n) is 2.06. The lowest BCUT2D eigenvalue weighted by molar-refractivity contribution is 0.242. The van der Waals surface area contributed by atoms with Crippen LogP contribution in [0.3, 0.4) is 0 Å². The Morgan fingerprint density at radius 2 is 1.76 bits per heavy atom. The first-order valence-electron chi connectivity index (χ1n) is 6.91. The minimum Gasteiger partial charge on any atom is -0.491 e. The first-order valence-corrected chi connectivity index (χ1v) is 7.67. The monoisotopic (exact) mass is 323 g/mol. The van der Waals surface area contributed by atoms with Gasteiger partial charge in [0, 0.05) is 27.8 Å². The van der Waals surface area contributed by atoms with E-state index < -0.39 is 0 Å². The zero-order valence-corrected chi connectivity index (χ0v) is 13.9. The van der Waals surface area contributed by atoms with Crippen molar-refractivity contribution in [2.45, 2.75) is 33.4 Å². The average molecular weight is 324 g/mol. The van der Waals surface area contributed by atoms with Crippen LogP contribution in [0.1, 0.15) is 25.0 Å². The van der Waals surface area contributed by atoms with Crippen molar-refractivity contribution in [3.63, 3.8) is 0 Å². The van der Waals surface area contributed by atoms with Crippen molar-refractivity contribution in [3.8, 4) is 5.75 Å². The summed E-state index contributed by atoms with van der Waals surface area (Å²) in [4.78, 5) is 0. The summed E-state index contributed by atoms with van der Waals surface area (Å²) < 4.78 is 5.68. The summed E-state index contributed by atoms with van der Waals surface area (Å²) >= 11 is 12.3. The van der Waals surface area contributed by atoms with E-state index in [2.05, 4.69) is 5.32 Å². The van der Waals surface area contributed by atoms with E-state index in [4.69, 9.17) is 27.9 Å². The molecule has 0 saturated carbocycles. The number of hydrogen-bond acceptors (Lipinski definition) is 2. The van der Waals surface area contributed by atoms with Crippen molar-refractivity contribution in [1.82, 2.24) is 0 Å². The second-order valence-electron chi connectivity index (χ2n) is 5.20. The van der Waals surface area contributed by atoms with Crippen LogP contribution in [-0.4, -0.2) is 6.10 Å². The number of anilines is 1. The van der Waals surface area contributed by atoms with Crippen molar-refractivity contribution in [2.75, 3.05) is 5.32 Å². The van der Waals surface area contributed by atoms with E-state index in [1.807, 2.05) is 57.2 Å². The molecular formula is C17H19Cl2NO. The molecule has 0 saturated heterocycles. The first-order chi connectivity index (χ1) is 9.97. The first kappa shape index (κ1) is 16.0. The van der Waals surface area contributed by atoms with Gasteiger partial charge >= 0.3 is 0 Å². The number of nitrogens with one attached hydrogen (secondary N) is 1. The maximum absolute atomic E-state index is 6.17. The third-order valence-electron chi connectivity index (χ3n) is 3.09. The van der Waals surface area contributed by atoms with Crippen LogP contribution in [0.15, 0.2) is 36.4 Å². The fraction of sp³-hybridized carbons (Fsp3) is 0.294. The molecule has 0 fully saturated rings. The van der Waals surface area contributed by atoms with Crippen LogP contribution in [-0.2, 0) is 6.54 Å². The number of ether oxygens (including phenoxy) is 1. The number of aryl methyl sites for hydroxylation is 1. The van der Waals surface area contributed by atoms with Crippen molar-refractivity contribution < 1.29 is 4.74 Å². The maximum Gasteiger partial charge on any atom is 0.120 e. The lowest BCUT2D eigenvalue weighted by Crippen LogP contribution is -2.06. The molecule has 0 amide bonds. The molecule has 2 aromatic carbocycles. The number of benzene rings is 2. The Bertz CT molecular complexity index is 606. The Kier molecular flexibility index (Phi) is 5.38. The summed E-state index contributed by atoms with van der Waals surface area (Å²) in [7, 11) is 0. The highest BCUT2D eigenvalue weighted by Gasteiger charge is 2.07. The second kappa shape index (κ2) is 7.06. The predicted octanol–water partition coefficient (Wildman–Crippen LogP) is 5.70. The minimum atomic E-state index is 0.171. The second-order valence-corrected chi connectivity index (χ2v) is 6.01. The summed E-state index contributed by atoms with van der Waals surface area (Å²) in [5.41, 5.74) is 3.07. The standard InChI is InChI=1S/C17H19Cl2NO/c1-11(2)21-13-7-8-17(12(3)9-13)20-10-14-15(18)5-4-6-16(14)19/h4-9,11,20H,10H2,1-3H3. The van der Waals surface area contributed by atoms with Crippen molar-refractivity contribution in [3.05, 3.63) is 57.6 Å². The summed E-state index contributed by atoms with van der Waals surface area (Å²) in [5.74, 6) is 0.879. The van der Waals surface area contributed by atoms with Gasteiger partial charge in [-0.25, -0.2) is 0 Å². The molecule has 0 spiro atoms. The van der Waals surface area contributed by atoms with Crippen LogP contribution in [0.5, 0.6) is 5.75 Å². The largest absolute Gasteiger partial charge is 0.491 e. The Morgan fingerprint density at radius 3 is 2.33 bits per heavy atom. The third-order valence-corrected chi connectivity index (χ3v) is 3.80. The van der Waals surface area contributed by atoms with Gasteiger partial charge in [-0.3, -0.25) is 0 Å². The molecule has 4 heteroatoms. The molecule has 0 aliphatic rings. The normalized spacial score (nSPS) is 10.8. The van der Waals surface area contributed by atoms with Gasteiger partial charge in [-0.05, 0) is 56.7 Å². The van der Waals surface area contributed by atoms with Crippen LogP contribution >= 0.6 is 23.2 Å². The molecule has 1 N–H and O–H groups in total. The lowest BCUT2D eigenvalue weighted by atomic mass is 10.1. The molecular weight excluding hydrogens is 305 g/mol. The molecule has 2 nitrogen and oxygen atoms in total. The van der Waals surface area contributed by atoms with Gasteiger partial charge in [0.05, 0.1) is 6.10 Å². The molecule has 0 heterocycles. The number of halogens is 2. The molecule has 0 aliphatic carbocycles. The van der Waals surface area contributed by atoms with Crippen LogP contribution in [0.25, 0.3) is 0 Å². The van der Waals surface area contributed by atoms with Crippen molar-refractivity contribution in [2.24, 2.45) is 0 Å². The Morgan fingerprint density at radius 1 is 1.10 bits per heavy atom. The van der Waals surface area contributed by atoms with E-state index in [0.717, 1.165) is 22.6 Å². The molecule has 2 rings (SSSR count). The van der Waals surface area contributed by atoms with Gasteiger partial charge in [-0.15, -0.1) is 0 Å². The molecule has 0 atom stereocenters. The van der Waals surface area contributed by atoms with E-state index in [9.17, 15) is 0 Å². The zero-order valence-electron chi connectivity index (χ0n) is 12.4. The molecule has 0 bridgehead atoms. The van der Waals surface area contributed by atoms with Crippen LogP contribution < -0.4 is 10.1 Å². The van der Waals surface area contributed by atoms with Crippen LogP contribution in [0.4, 0.5) is 5.69 Å². The van der Waals surface area contributed by atoms with Gasteiger partial charge in [0.1, 0.15) is 5.75 Å². The van der Waals surface area contributed by atoms with Gasteiger partial charge < -0.3 is 10.1 Å². The highest BCUT2D eigenvalue weighted by atomic mass is 35.5.